The minimum absolute atomic E-state index is 0.0125. The second-order valence-electron chi connectivity index (χ2n) is 6.62. The van der Waals surface area contributed by atoms with E-state index in [2.05, 4.69) is 6.92 Å². The van der Waals surface area contributed by atoms with E-state index in [1.807, 2.05) is 12.2 Å². The number of hydrogen-bond acceptors (Lipinski definition) is 1. The molecule has 2 nitrogen and oxygen atoms in total. The lowest BCUT2D eigenvalue weighted by Crippen LogP contribution is -3.13. The fourth-order valence-corrected chi connectivity index (χ4v) is 3.25. The van der Waals surface area contributed by atoms with Gasteiger partial charge in [-0.3, -0.25) is 4.79 Å². The molecule has 0 bridgehead atoms. The number of piperidine rings is 1. The molecule has 1 aliphatic heterocycles. The lowest BCUT2D eigenvalue weighted by molar-refractivity contribution is -0.891. The SMILES string of the molecule is CCC[NH+]1CC(=Cc2ccc(F)cc2)C(=O)/C(=C/c2ccc(F)cc2)C1. The average Bonchev–Trinajstić information content (AvgIpc) is 2.63. The van der Waals surface area contributed by atoms with Crippen molar-refractivity contribution in [3.63, 3.8) is 0 Å². The summed E-state index contributed by atoms with van der Waals surface area (Å²) in [4.78, 5) is 14.2. The highest BCUT2D eigenvalue weighted by Gasteiger charge is 2.28. The number of benzene rings is 2. The molecule has 3 rings (SSSR count). The monoisotopic (exact) mass is 354 g/mol. The lowest BCUT2D eigenvalue weighted by Gasteiger charge is -2.26. The number of likely N-dealkylation sites (tertiary alicyclic amines) is 1. The lowest BCUT2D eigenvalue weighted by atomic mass is 9.94. The molecular formula is C22H22F2NO+. The Morgan fingerprint density at radius 2 is 1.27 bits per heavy atom. The number of carbonyl (C=O) groups excluding carboxylic acids is 1. The quantitative estimate of drug-likeness (QED) is 0.836. The zero-order valence-electron chi connectivity index (χ0n) is 14.8. The summed E-state index contributed by atoms with van der Waals surface area (Å²) in [6, 6.07) is 12.3. The van der Waals surface area contributed by atoms with Crippen LogP contribution < -0.4 is 4.90 Å². The van der Waals surface area contributed by atoms with Gasteiger partial charge in [0.15, 0.2) is 5.78 Å². The van der Waals surface area contributed by atoms with E-state index in [0.29, 0.717) is 13.1 Å². The van der Waals surface area contributed by atoms with Crippen molar-refractivity contribution in [2.24, 2.45) is 0 Å². The summed E-state index contributed by atoms with van der Waals surface area (Å²) in [6.45, 7) is 4.40. The Kier molecular flexibility index (Phi) is 5.74. The first-order valence-electron chi connectivity index (χ1n) is 8.85. The van der Waals surface area contributed by atoms with Crippen molar-refractivity contribution < 1.29 is 18.5 Å². The molecule has 0 spiro atoms. The van der Waals surface area contributed by atoms with Crippen LogP contribution in [0.25, 0.3) is 12.2 Å². The Labute approximate surface area is 152 Å². The molecule has 1 fully saturated rings. The van der Waals surface area contributed by atoms with E-state index in [9.17, 15) is 13.6 Å². The van der Waals surface area contributed by atoms with Gasteiger partial charge in [0.1, 0.15) is 24.7 Å². The Hall–Kier alpha value is -2.59. The van der Waals surface area contributed by atoms with Gasteiger partial charge < -0.3 is 4.90 Å². The Bertz CT molecular complexity index is 768. The summed E-state index contributed by atoms with van der Waals surface area (Å²) in [5.74, 6) is -0.576. The van der Waals surface area contributed by atoms with Crippen molar-refractivity contribution in [2.75, 3.05) is 19.6 Å². The topological polar surface area (TPSA) is 21.5 Å². The van der Waals surface area contributed by atoms with Crippen LogP contribution in [0.3, 0.4) is 0 Å². The maximum Gasteiger partial charge on any atom is 0.196 e. The van der Waals surface area contributed by atoms with Gasteiger partial charge >= 0.3 is 0 Å². The zero-order valence-corrected chi connectivity index (χ0v) is 14.8. The van der Waals surface area contributed by atoms with Gasteiger partial charge in [-0.25, -0.2) is 8.78 Å². The third-order valence-electron chi connectivity index (χ3n) is 4.49. The van der Waals surface area contributed by atoms with Crippen LogP contribution in [0.1, 0.15) is 24.5 Å². The van der Waals surface area contributed by atoms with Crippen LogP contribution in [0.5, 0.6) is 0 Å². The van der Waals surface area contributed by atoms with Crippen molar-refractivity contribution in [1.29, 1.82) is 0 Å². The molecule has 1 saturated heterocycles. The molecule has 2 aromatic carbocycles. The van der Waals surface area contributed by atoms with Gasteiger partial charge in [0.2, 0.25) is 0 Å². The molecule has 2 aromatic rings. The van der Waals surface area contributed by atoms with E-state index in [4.69, 9.17) is 0 Å². The minimum Gasteiger partial charge on any atom is -0.327 e. The summed E-state index contributed by atoms with van der Waals surface area (Å²) >= 11 is 0. The molecule has 0 aliphatic carbocycles. The van der Waals surface area contributed by atoms with Gasteiger partial charge in [-0.15, -0.1) is 0 Å². The molecule has 1 heterocycles. The number of hydrogen-bond donors (Lipinski definition) is 1. The van der Waals surface area contributed by atoms with Crippen LogP contribution in [0.2, 0.25) is 0 Å². The smallest absolute Gasteiger partial charge is 0.196 e. The van der Waals surface area contributed by atoms with Gasteiger partial charge in [0, 0.05) is 0 Å². The predicted octanol–water partition coefficient (Wildman–Crippen LogP) is 3.31. The number of carbonyl (C=O) groups is 1. The Morgan fingerprint density at radius 1 is 0.846 bits per heavy atom. The van der Waals surface area contributed by atoms with Crippen LogP contribution >= 0.6 is 0 Å². The van der Waals surface area contributed by atoms with Crippen LogP contribution in [0.15, 0.2) is 59.7 Å². The fourth-order valence-electron chi connectivity index (χ4n) is 3.25. The standard InChI is InChI=1S/C22H21F2NO/c1-2-11-25-14-18(12-16-3-7-20(23)8-4-16)22(26)19(15-25)13-17-5-9-21(24)10-6-17/h3-10,12-13H,2,11,14-15H2,1H3/p+1/b18-12+,19-13?. The second kappa shape index (κ2) is 8.19. The Morgan fingerprint density at radius 3 is 1.65 bits per heavy atom. The number of ketones is 1. The van der Waals surface area contributed by atoms with Crippen LogP contribution in [0, 0.1) is 11.6 Å². The fraction of sp³-hybridized carbons (Fsp3) is 0.227. The zero-order chi connectivity index (χ0) is 18.5. The van der Waals surface area contributed by atoms with E-state index in [0.717, 1.165) is 35.2 Å². The van der Waals surface area contributed by atoms with Crippen molar-refractivity contribution in [3.05, 3.63) is 82.4 Å². The summed E-state index contributed by atoms with van der Waals surface area (Å²) in [5, 5.41) is 0. The van der Waals surface area contributed by atoms with E-state index in [1.165, 1.54) is 29.2 Å². The number of nitrogens with one attached hydrogen (secondary N) is 1. The normalized spacial score (nSPS) is 20.7. The first-order valence-corrected chi connectivity index (χ1v) is 8.85. The molecule has 1 atom stereocenters. The Balaban J connectivity index is 1.93. The maximum atomic E-state index is 13.1. The van der Waals surface area contributed by atoms with E-state index in [-0.39, 0.29) is 17.4 Å². The molecule has 0 saturated carbocycles. The molecule has 1 unspecified atom stereocenters. The second-order valence-corrected chi connectivity index (χ2v) is 6.62. The molecule has 26 heavy (non-hydrogen) atoms. The van der Waals surface area contributed by atoms with Crippen molar-refractivity contribution in [1.82, 2.24) is 0 Å². The molecule has 4 heteroatoms. The summed E-state index contributed by atoms with van der Waals surface area (Å²) in [6.07, 6.45) is 4.71. The molecule has 1 N–H and O–H groups in total. The summed E-state index contributed by atoms with van der Waals surface area (Å²) < 4.78 is 26.2. The first-order chi connectivity index (χ1) is 12.5. The van der Waals surface area contributed by atoms with Gasteiger partial charge in [-0.05, 0) is 54.0 Å². The molecule has 0 aromatic heterocycles. The molecule has 1 aliphatic rings. The third kappa shape index (κ3) is 4.52. The molecule has 0 amide bonds. The van der Waals surface area contributed by atoms with Crippen LogP contribution in [0.4, 0.5) is 8.78 Å². The number of Topliss-reactive ketones (excluding diaryl/α,β-unsaturated/α-hetero) is 1. The highest BCUT2D eigenvalue weighted by molar-refractivity contribution is 6.14. The summed E-state index contributed by atoms with van der Waals surface area (Å²) in [7, 11) is 0. The number of quaternary nitrogens is 1. The highest BCUT2D eigenvalue weighted by atomic mass is 19.1. The molecule has 0 radical (unpaired) electrons. The van der Waals surface area contributed by atoms with Gasteiger partial charge in [0.05, 0.1) is 17.7 Å². The van der Waals surface area contributed by atoms with E-state index < -0.39 is 0 Å². The number of rotatable bonds is 4. The third-order valence-corrected chi connectivity index (χ3v) is 4.49. The largest absolute Gasteiger partial charge is 0.327 e. The van der Waals surface area contributed by atoms with Crippen LogP contribution in [-0.2, 0) is 4.79 Å². The first kappa shape index (κ1) is 18.2. The highest BCUT2D eigenvalue weighted by Crippen LogP contribution is 2.17. The van der Waals surface area contributed by atoms with Crippen molar-refractivity contribution >= 4 is 17.9 Å². The van der Waals surface area contributed by atoms with Gasteiger partial charge in [0.25, 0.3) is 0 Å². The minimum atomic E-state index is -0.294. The molecular weight excluding hydrogens is 332 g/mol. The average molecular weight is 354 g/mol. The van der Waals surface area contributed by atoms with Crippen molar-refractivity contribution in [2.45, 2.75) is 13.3 Å². The van der Waals surface area contributed by atoms with Gasteiger partial charge in [-0.1, -0.05) is 31.2 Å². The van der Waals surface area contributed by atoms with E-state index in [1.54, 1.807) is 24.3 Å². The van der Waals surface area contributed by atoms with Gasteiger partial charge in [-0.2, -0.15) is 0 Å². The van der Waals surface area contributed by atoms with Crippen molar-refractivity contribution in [3.8, 4) is 0 Å². The summed E-state index contributed by atoms with van der Waals surface area (Å²) in [5.41, 5.74) is 3.07. The van der Waals surface area contributed by atoms with Crippen LogP contribution in [-0.4, -0.2) is 25.4 Å². The molecule has 134 valence electrons. The van der Waals surface area contributed by atoms with E-state index >= 15 is 0 Å². The maximum absolute atomic E-state index is 13.1. The number of halogens is 2. The predicted molar refractivity (Wildman–Crippen MR) is 99.6 cm³/mol.